The van der Waals surface area contributed by atoms with E-state index >= 15 is 0 Å². The van der Waals surface area contributed by atoms with Crippen molar-refractivity contribution in [3.05, 3.63) is 71.4 Å². The first-order valence-corrected chi connectivity index (χ1v) is 9.60. The number of nitrogens with zero attached hydrogens (tertiary/aromatic N) is 1. The highest BCUT2D eigenvalue weighted by atomic mass is 15.1. The first kappa shape index (κ1) is 17.3. The van der Waals surface area contributed by atoms with Crippen LogP contribution in [0.25, 0.3) is 10.9 Å². The Bertz CT molecular complexity index is 854. The smallest absolute Gasteiger partial charge is 0.0456 e. The molecular formula is C22H28N4. The molecule has 0 saturated carbocycles. The van der Waals surface area contributed by atoms with E-state index in [9.17, 15) is 0 Å². The molecule has 0 fully saturated rings. The average molecular weight is 348 g/mol. The number of nitrogens with one attached hydrogen (secondary N) is 2. The molecule has 26 heavy (non-hydrogen) atoms. The van der Waals surface area contributed by atoms with E-state index in [0.717, 1.165) is 45.6 Å². The lowest BCUT2D eigenvalue weighted by atomic mass is 10.00. The van der Waals surface area contributed by atoms with Crippen molar-refractivity contribution in [1.29, 1.82) is 0 Å². The third-order valence-corrected chi connectivity index (χ3v) is 5.38. The van der Waals surface area contributed by atoms with Crippen LogP contribution in [0.5, 0.6) is 0 Å². The number of para-hydroxylation sites is 1. The van der Waals surface area contributed by atoms with Crippen molar-refractivity contribution >= 4 is 10.9 Å². The molecule has 4 rings (SSSR count). The predicted molar refractivity (Wildman–Crippen MR) is 108 cm³/mol. The number of nitrogens with two attached hydrogens (primary N) is 1. The largest absolute Gasteiger partial charge is 0.361 e. The molecule has 4 nitrogen and oxygen atoms in total. The summed E-state index contributed by atoms with van der Waals surface area (Å²) in [6.45, 7) is 5.14. The molecule has 1 unspecified atom stereocenters. The Hall–Kier alpha value is -2.14. The van der Waals surface area contributed by atoms with Gasteiger partial charge in [0.05, 0.1) is 0 Å². The first-order chi connectivity index (χ1) is 12.8. The summed E-state index contributed by atoms with van der Waals surface area (Å²) in [5.41, 5.74) is 11.8. The summed E-state index contributed by atoms with van der Waals surface area (Å²) < 4.78 is 0. The number of fused-ring (bicyclic) bond motifs is 2. The van der Waals surface area contributed by atoms with E-state index < -0.39 is 0 Å². The van der Waals surface area contributed by atoms with Gasteiger partial charge in [-0.05, 0) is 35.6 Å². The van der Waals surface area contributed by atoms with Crippen molar-refractivity contribution in [3.8, 4) is 0 Å². The monoisotopic (exact) mass is 348 g/mol. The number of hydrogen-bond acceptors (Lipinski definition) is 3. The van der Waals surface area contributed by atoms with Crippen LogP contribution < -0.4 is 11.1 Å². The molecule has 1 aliphatic heterocycles. The van der Waals surface area contributed by atoms with Gasteiger partial charge in [0, 0.05) is 55.9 Å². The maximum atomic E-state index is 6.35. The van der Waals surface area contributed by atoms with Crippen LogP contribution in [0.15, 0.2) is 54.7 Å². The van der Waals surface area contributed by atoms with Gasteiger partial charge in [0.25, 0.3) is 0 Å². The predicted octanol–water partition coefficient (Wildman–Crippen LogP) is 2.69. The number of rotatable bonds is 7. The lowest BCUT2D eigenvalue weighted by Gasteiger charge is -2.28. The van der Waals surface area contributed by atoms with Gasteiger partial charge in [0.1, 0.15) is 0 Å². The molecule has 3 aromatic rings. The Morgan fingerprint density at radius 2 is 1.88 bits per heavy atom. The zero-order chi connectivity index (χ0) is 17.8. The molecule has 0 aliphatic carbocycles. The molecule has 4 heteroatoms. The maximum Gasteiger partial charge on any atom is 0.0456 e. The lowest BCUT2D eigenvalue weighted by Crippen LogP contribution is -2.40. The van der Waals surface area contributed by atoms with Crippen molar-refractivity contribution < 1.29 is 0 Å². The fourth-order valence-electron chi connectivity index (χ4n) is 3.92. The molecule has 0 amide bonds. The first-order valence-electron chi connectivity index (χ1n) is 9.60. The summed E-state index contributed by atoms with van der Waals surface area (Å²) in [4.78, 5) is 5.86. The topological polar surface area (TPSA) is 57.1 Å². The molecule has 1 aromatic heterocycles. The van der Waals surface area contributed by atoms with Crippen LogP contribution in [-0.2, 0) is 19.4 Å². The van der Waals surface area contributed by atoms with E-state index in [1.54, 1.807) is 0 Å². The van der Waals surface area contributed by atoms with Crippen LogP contribution >= 0.6 is 0 Å². The SMILES string of the molecule is NC(CNCCN1CCc2ccccc2C1)Cc1c[nH]c2ccccc12. The Kier molecular flexibility index (Phi) is 5.34. The number of H-pyrrole nitrogens is 1. The van der Waals surface area contributed by atoms with Gasteiger partial charge >= 0.3 is 0 Å². The van der Waals surface area contributed by atoms with Crippen molar-refractivity contribution in [2.45, 2.75) is 25.4 Å². The fraction of sp³-hybridized carbons (Fsp3) is 0.364. The van der Waals surface area contributed by atoms with Gasteiger partial charge in [-0.1, -0.05) is 42.5 Å². The number of hydrogen-bond donors (Lipinski definition) is 3. The number of benzene rings is 2. The summed E-state index contributed by atoms with van der Waals surface area (Å²) >= 11 is 0. The highest BCUT2D eigenvalue weighted by Crippen LogP contribution is 2.19. The van der Waals surface area contributed by atoms with Crippen molar-refractivity contribution in [1.82, 2.24) is 15.2 Å². The molecule has 0 bridgehead atoms. The quantitative estimate of drug-likeness (QED) is 0.576. The lowest BCUT2D eigenvalue weighted by molar-refractivity contribution is 0.253. The van der Waals surface area contributed by atoms with Crippen LogP contribution in [-0.4, -0.2) is 42.1 Å². The minimum absolute atomic E-state index is 0.135. The third kappa shape index (κ3) is 3.98. The molecular weight excluding hydrogens is 320 g/mol. The van der Waals surface area contributed by atoms with E-state index in [1.807, 2.05) is 0 Å². The number of aromatic nitrogens is 1. The standard InChI is InChI=1S/C22H28N4/c23-20(13-19-14-25-22-8-4-3-7-21(19)22)15-24-10-12-26-11-9-17-5-1-2-6-18(17)16-26/h1-8,14,20,24-25H,9-13,15-16,23H2. The Morgan fingerprint density at radius 1 is 1.08 bits per heavy atom. The van der Waals surface area contributed by atoms with Gasteiger partial charge in [-0.2, -0.15) is 0 Å². The molecule has 1 aliphatic rings. The average Bonchev–Trinajstić information content (AvgIpc) is 3.08. The van der Waals surface area contributed by atoms with E-state index in [1.165, 1.54) is 27.6 Å². The Morgan fingerprint density at radius 3 is 2.81 bits per heavy atom. The summed E-state index contributed by atoms with van der Waals surface area (Å²) in [5.74, 6) is 0. The van der Waals surface area contributed by atoms with Gasteiger partial charge in [0.15, 0.2) is 0 Å². The molecule has 136 valence electrons. The van der Waals surface area contributed by atoms with Gasteiger partial charge < -0.3 is 16.0 Å². The van der Waals surface area contributed by atoms with Crippen molar-refractivity contribution in [3.63, 3.8) is 0 Å². The van der Waals surface area contributed by atoms with Gasteiger partial charge in [-0.3, -0.25) is 4.90 Å². The Labute approximate surface area is 155 Å². The van der Waals surface area contributed by atoms with Crippen LogP contribution in [0, 0.1) is 0 Å². The summed E-state index contributed by atoms with van der Waals surface area (Å²) in [6, 6.07) is 17.4. The van der Waals surface area contributed by atoms with Crippen LogP contribution in [0.3, 0.4) is 0 Å². The zero-order valence-corrected chi connectivity index (χ0v) is 15.2. The second-order valence-corrected chi connectivity index (χ2v) is 7.32. The van der Waals surface area contributed by atoms with Crippen molar-refractivity contribution in [2.24, 2.45) is 5.73 Å². The molecule has 0 radical (unpaired) electrons. The van der Waals surface area contributed by atoms with Gasteiger partial charge in [-0.15, -0.1) is 0 Å². The van der Waals surface area contributed by atoms with E-state index in [-0.39, 0.29) is 6.04 Å². The van der Waals surface area contributed by atoms with Gasteiger partial charge in [-0.25, -0.2) is 0 Å². The van der Waals surface area contributed by atoms with E-state index in [4.69, 9.17) is 5.73 Å². The summed E-state index contributed by atoms with van der Waals surface area (Å²) in [5, 5.41) is 4.83. The van der Waals surface area contributed by atoms with Crippen LogP contribution in [0.2, 0.25) is 0 Å². The van der Waals surface area contributed by atoms with E-state index in [2.05, 4.69) is 69.9 Å². The third-order valence-electron chi connectivity index (χ3n) is 5.38. The zero-order valence-electron chi connectivity index (χ0n) is 15.2. The molecule has 1 atom stereocenters. The Balaban J connectivity index is 1.20. The molecule has 0 spiro atoms. The van der Waals surface area contributed by atoms with E-state index in [0.29, 0.717) is 0 Å². The minimum Gasteiger partial charge on any atom is -0.361 e. The van der Waals surface area contributed by atoms with Crippen LogP contribution in [0.4, 0.5) is 0 Å². The number of aromatic amines is 1. The highest BCUT2D eigenvalue weighted by Gasteiger charge is 2.15. The summed E-state index contributed by atoms with van der Waals surface area (Å²) in [7, 11) is 0. The van der Waals surface area contributed by atoms with Crippen LogP contribution in [0.1, 0.15) is 16.7 Å². The van der Waals surface area contributed by atoms with Gasteiger partial charge in [0.2, 0.25) is 0 Å². The normalized spacial score (nSPS) is 15.9. The molecule has 0 saturated heterocycles. The van der Waals surface area contributed by atoms with Crippen molar-refractivity contribution in [2.75, 3.05) is 26.2 Å². The molecule has 4 N–H and O–H groups in total. The minimum atomic E-state index is 0.135. The fourth-order valence-corrected chi connectivity index (χ4v) is 3.92. The molecule has 2 aromatic carbocycles. The maximum absolute atomic E-state index is 6.35. The highest BCUT2D eigenvalue weighted by molar-refractivity contribution is 5.83. The second kappa shape index (κ2) is 8.04. The second-order valence-electron chi connectivity index (χ2n) is 7.32. The summed E-state index contributed by atoms with van der Waals surface area (Å²) in [6.07, 6.45) is 4.15. The molecule has 2 heterocycles.